The van der Waals surface area contributed by atoms with Gasteiger partial charge in [0.2, 0.25) is 0 Å². The quantitative estimate of drug-likeness (QED) is 0.652. The molecule has 74 valence electrons. The molecule has 0 saturated carbocycles. The van der Waals surface area contributed by atoms with Gasteiger partial charge < -0.3 is 4.74 Å². The van der Waals surface area contributed by atoms with Crippen molar-refractivity contribution in [3.05, 3.63) is 35.9 Å². The molecule has 1 aromatic carbocycles. The van der Waals surface area contributed by atoms with Gasteiger partial charge in [-0.25, -0.2) is 0 Å². The molecule has 0 aliphatic carbocycles. The van der Waals surface area contributed by atoms with Crippen LogP contribution in [-0.2, 0) is 4.74 Å². The van der Waals surface area contributed by atoms with E-state index in [4.69, 9.17) is 17.0 Å². The van der Waals surface area contributed by atoms with Gasteiger partial charge in [-0.05, 0) is 31.6 Å². The molecule has 0 amide bonds. The summed E-state index contributed by atoms with van der Waals surface area (Å²) in [4.78, 5) is 0. The number of thiocarbonyl (C=S) groups is 1. The van der Waals surface area contributed by atoms with Crippen molar-refractivity contribution in [2.45, 2.75) is 31.8 Å². The fraction of sp³-hybridized carbons (Fsp3) is 0.417. The molecule has 1 heterocycles. The SMILES string of the molecule is CC1(C)OC(=S)CC1c1ccccc1. The highest BCUT2D eigenvalue weighted by Crippen LogP contribution is 2.40. The van der Waals surface area contributed by atoms with Crippen molar-refractivity contribution in [1.82, 2.24) is 0 Å². The summed E-state index contributed by atoms with van der Waals surface area (Å²) in [5.74, 6) is 0.399. The van der Waals surface area contributed by atoms with Crippen molar-refractivity contribution in [2.75, 3.05) is 0 Å². The molecule has 1 aromatic rings. The topological polar surface area (TPSA) is 9.23 Å². The van der Waals surface area contributed by atoms with Gasteiger partial charge in [0.1, 0.15) is 5.60 Å². The molecular weight excluding hydrogens is 192 g/mol. The molecule has 1 aliphatic heterocycles. The maximum absolute atomic E-state index is 5.65. The molecule has 2 rings (SSSR count). The zero-order valence-corrected chi connectivity index (χ0v) is 9.30. The summed E-state index contributed by atoms with van der Waals surface area (Å²) in [5.41, 5.74) is 1.16. The fourth-order valence-electron chi connectivity index (χ4n) is 2.02. The first-order chi connectivity index (χ1) is 6.59. The Balaban J connectivity index is 2.32. The average molecular weight is 206 g/mol. The number of ether oxygens (including phenoxy) is 1. The lowest BCUT2D eigenvalue weighted by Crippen LogP contribution is -2.25. The molecule has 0 bridgehead atoms. The highest BCUT2D eigenvalue weighted by atomic mass is 32.1. The second kappa shape index (κ2) is 3.35. The molecule has 0 spiro atoms. The normalized spacial score (nSPS) is 24.7. The Kier molecular flexibility index (Phi) is 2.31. The van der Waals surface area contributed by atoms with Gasteiger partial charge in [0.15, 0.2) is 5.05 Å². The molecule has 0 aromatic heterocycles. The highest BCUT2D eigenvalue weighted by Gasteiger charge is 2.40. The molecule has 1 atom stereocenters. The smallest absolute Gasteiger partial charge is 0.161 e. The largest absolute Gasteiger partial charge is 0.481 e. The number of rotatable bonds is 1. The zero-order chi connectivity index (χ0) is 10.2. The predicted molar refractivity (Wildman–Crippen MR) is 61.6 cm³/mol. The van der Waals surface area contributed by atoms with Gasteiger partial charge in [-0.1, -0.05) is 30.3 Å². The predicted octanol–water partition coefficient (Wildman–Crippen LogP) is 3.30. The highest BCUT2D eigenvalue weighted by molar-refractivity contribution is 7.80. The van der Waals surface area contributed by atoms with E-state index in [-0.39, 0.29) is 5.60 Å². The van der Waals surface area contributed by atoms with Crippen LogP contribution in [0.2, 0.25) is 0 Å². The Hall–Kier alpha value is -0.890. The van der Waals surface area contributed by atoms with E-state index in [0.717, 1.165) is 11.5 Å². The van der Waals surface area contributed by atoms with E-state index >= 15 is 0 Å². The Morgan fingerprint density at radius 1 is 1.29 bits per heavy atom. The first-order valence-corrected chi connectivity index (χ1v) is 5.27. The van der Waals surface area contributed by atoms with Crippen molar-refractivity contribution in [2.24, 2.45) is 0 Å². The maximum atomic E-state index is 5.65. The molecule has 14 heavy (non-hydrogen) atoms. The molecule has 1 aliphatic rings. The first-order valence-electron chi connectivity index (χ1n) is 4.86. The molecule has 0 radical (unpaired) electrons. The average Bonchev–Trinajstić information content (AvgIpc) is 2.41. The standard InChI is InChI=1S/C12H14OS/c1-12(2)10(8-11(14)13-12)9-6-4-3-5-7-9/h3-7,10H,8H2,1-2H3. The summed E-state index contributed by atoms with van der Waals surface area (Å²) in [5, 5.41) is 0.740. The van der Waals surface area contributed by atoms with Crippen LogP contribution in [0.4, 0.5) is 0 Å². The van der Waals surface area contributed by atoms with E-state index < -0.39 is 0 Å². The van der Waals surface area contributed by atoms with E-state index in [1.807, 2.05) is 6.07 Å². The zero-order valence-electron chi connectivity index (χ0n) is 8.49. The number of hydrogen-bond donors (Lipinski definition) is 0. The van der Waals surface area contributed by atoms with Gasteiger partial charge in [0.05, 0.1) is 0 Å². The van der Waals surface area contributed by atoms with Crippen molar-refractivity contribution in [1.29, 1.82) is 0 Å². The monoisotopic (exact) mass is 206 g/mol. The molecule has 1 saturated heterocycles. The Morgan fingerprint density at radius 3 is 2.43 bits per heavy atom. The van der Waals surface area contributed by atoms with Crippen LogP contribution in [0.5, 0.6) is 0 Å². The Labute approximate surface area is 90.1 Å². The summed E-state index contributed by atoms with van der Waals surface area (Å²) in [6.07, 6.45) is 0.867. The molecule has 2 heteroatoms. The maximum Gasteiger partial charge on any atom is 0.161 e. The fourth-order valence-corrected chi connectivity index (χ4v) is 2.40. The van der Waals surface area contributed by atoms with Gasteiger partial charge in [0.25, 0.3) is 0 Å². The lowest BCUT2D eigenvalue weighted by molar-refractivity contribution is 0.108. The van der Waals surface area contributed by atoms with E-state index in [9.17, 15) is 0 Å². The lowest BCUT2D eigenvalue weighted by atomic mass is 9.85. The van der Waals surface area contributed by atoms with Gasteiger partial charge in [-0.15, -0.1) is 0 Å². The summed E-state index contributed by atoms with van der Waals surface area (Å²) >= 11 is 5.12. The van der Waals surface area contributed by atoms with Crippen molar-refractivity contribution >= 4 is 17.3 Å². The van der Waals surface area contributed by atoms with Crippen LogP contribution < -0.4 is 0 Å². The van der Waals surface area contributed by atoms with Crippen molar-refractivity contribution in [3.63, 3.8) is 0 Å². The second-order valence-electron chi connectivity index (χ2n) is 4.24. The molecule has 1 nitrogen and oxygen atoms in total. The minimum absolute atomic E-state index is 0.154. The molecule has 0 N–H and O–H groups in total. The van der Waals surface area contributed by atoms with Crippen LogP contribution in [0.25, 0.3) is 0 Å². The summed E-state index contributed by atoms with van der Waals surface area (Å²) in [7, 11) is 0. The first kappa shape index (κ1) is 9.66. The van der Waals surface area contributed by atoms with Crippen LogP contribution in [0, 0.1) is 0 Å². The van der Waals surface area contributed by atoms with Gasteiger partial charge in [-0.2, -0.15) is 0 Å². The van der Waals surface area contributed by atoms with Crippen LogP contribution in [0.3, 0.4) is 0 Å². The van der Waals surface area contributed by atoms with Crippen molar-refractivity contribution in [3.8, 4) is 0 Å². The van der Waals surface area contributed by atoms with Gasteiger partial charge in [0, 0.05) is 12.3 Å². The number of benzene rings is 1. The summed E-state index contributed by atoms with van der Waals surface area (Å²) < 4.78 is 5.65. The van der Waals surface area contributed by atoms with Crippen LogP contribution in [-0.4, -0.2) is 10.7 Å². The summed E-state index contributed by atoms with van der Waals surface area (Å²) in [6.45, 7) is 4.20. The molecule has 1 fully saturated rings. The molecule has 1 unspecified atom stereocenters. The second-order valence-corrected chi connectivity index (χ2v) is 4.70. The van der Waals surface area contributed by atoms with Gasteiger partial charge >= 0.3 is 0 Å². The van der Waals surface area contributed by atoms with E-state index in [2.05, 4.69) is 38.1 Å². The lowest BCUT2D eigenvalue weighted by Gasteiger charge is -2.25. The Morgan fingerprint density at radius 2 is 1.93 bits per heavy atom. The van der Waals surface area contributed by atoms with Crippen LogP contribution in [0.1, 0.15) is 31.7 Å². The number of hydrogen-bond acceptors (Lipinski definition) is 2. The van der Waals surface area contributed by atoms with E-state index in [1.54, 1.807) is 0 Å². The van der Waals surface area contributed by atoms with E-state index in [1.165, 1.54) is 5.56 Å². The van der Waals surface area contributed by atoms with Crippen molar-refractivity contribution < 1.29 is 4.74 Å². The van der Waals surface area contributed by atoms with Gasteiger partial charge in [-0.3, -0.25) is 0 Å². The molecular formula is C12H14OS. The summed E-state index contributed by atoms with van der Waals surface area (Å²) in [6, 6.07) is 10.4. The van der Waals surface area contributed by atoms with Crippen LogP contribution >= 0.6 is 12.2 Å². The third kappa shape index (κ3) is 1.67. The van der Waals surface area contributed by atoms with E-state index in [0.29, 0.717) is 5.92 Å². The third-order valence-corrected chi connectivity index (χ3v) is 3.04. The van der Waals surface area contributed by atoms with Crippen LogP contribution in [0.15, 0.2) is 30.3 Å². The minimum atomic E-state index is -0.154. The minimum Gasteiger partial charge on any atom is -0.481 e. The third-order valence-electron chi connectivity index (χ3n) is 2.79. The Bertz CT molecular complexity index is 343.